The Kier molecular flexibility index (Phi) is 7.73. The van der Waals surface area contributed by atoms with Gasteiger partial charge in [0.1, 0.15) is 12.1 Å². The molecule has 9 nitrogen and oxygen atoms in total. The molecule has 1 unspecified atom stereocenters. The third kappa shape index (κ3) is 6.03. The number of rotatable bonds is 8. The van der Waals surface area contributed by atoms with Gasteiger partial charge in [-0.15, -0.1) is 0 Å². The van der Waals surface area contributed by atoms with Gasteiger partial charge in [0.05, 0.1) is 6.61 Å². The number of benzene rings is 1. The molecule has 1 aromatic heterocycles. The number of para-hydroxylation sites is 1. The average Bonchev–Trinajstić information content (AvgIpc) is 2.63. The van der Waals surface area contributed by atoms with E-state index in [1.54, 1.807) is 44.4 Å². The van der Waals surface area contributed by atoms with E-state index in [-0.39, 0.29) is 23.0 Å². The summed E-state index contributed by atoms with van der Waals surface area (Å²) in [5.41, 5.74) is 0.719. The molecule has 2 rings (SSSR count). The summed E-state index contributed by atoms with van der Waals surface area (Å²) in [5.74, 6) is -0.180. The predicted octanol–water partition coefficient (Wildman–Crippen LogP) is 1.61. The molecule has 0 radical (unpaired) electrons. The summed E-state index contributed by atoms with van der Waals surface area (Å²) in [5, 5.41) is 0. The van der Waals surface area contributed by atoms with Gasteiger partial charge >= 0.3 is 6.01 Å². The second kappa shape index (κ2) is 10.0. The minimum Gasteiger partial charge on any atom is -0.425 e. The summed E-state index contributed by atoms with van der Waals surface area (Å²) in [7, 11) is 4.68. The molecule has 11 heteroatoms. The number of methoxy groups -OCH3 is 1. The largest absolute Gasteiger partial charge is 0.425 e. The zero-order valence-corrected chi connectivity index (χ0v) is 16.6. The smallest absolute Gasteiger partial charge is 0.302 e. The Morgan fingerprint density at radius 2 is 2.11 bits per heavy atom. The van der Waals surface area contributed by atoms with E-state index in [2.05, 4.69) is 19.7 Å². The predicted molar refractivity (Wildman–Crippen MR) is 104 cm³/mol. The SMILES string of the molecule is COC/C=C(/C(=O)NS(=O)N(C)C)c1ccccc1Oc1ncnc(=S)[nH]1. The Hall–Kier alpha value is -2.47. The molecule has 0 saturated heterocycles. The topological polar surface area (TPSA) is 109 Å². The fraction of sp³-hybridized carbons (Fsp3) is 0.250. The van der Waals surface area contributed by atoms with Crippen molar-refractivity contribution >= 4 is 34.9 Å². The molecule has 0 aliphatic carbocycles. The lowest BCUT2D eigenvalue weighted by Crippen LogP contribution is -2.34. The molecule has 1 heterocycles. The number of aromatic amines is 1. The number of hydrogen-bond acceptors (Lipinski definition) is 7. The van der Waals surface area contributed by atoms with Gasteiger partial charge in [0.15, 0.2) is 11.2 Å². The fourth-order valence-corrected chi connectivity index (χ4v) is 2.53. The highest BCUT2D eigenvalue weighted by Gasteiger charge is 2.19. The van der Waals surface area contributed by atoms with Crippen LogP contribution in [0.15, 0.2) is 36.7 Å². The van der Waals surface area contributed by atoms with Gasteiger partial charge < -0.3 is 9.47 Å². The molecule has 0 bridgehead atoms. The van der Waals surface area contributed by atoms with Gasteiger partial charge in [-0.25, -0.2) is 13.5 Å². The Labute approximate surface area is 164 Å². The number of ether oxygens (including phenoxy) is 2. The zero-order chi connectivity index (χ0) is 19.8. The van der Waals surface area contributed by atoms with E-state index < -0.39 is 17.1 Å². The molecular formula is C16H19N5O4S2. The number of amides is 1. The van der Waals surface area contributed by atoms with Gasteiger partial charge in [0, 0.05) is 32.3 Å². The lowest BCUT2D eigenvalue weighted by molar-refractivity contribution is -0.114. The standard InChI is InChI=1S/C16H19N5O4S2/c1-21(2)27(23)20-14(22)12(8-9-24-3)11-6-4-5-7-13(11)25-15-17-10-18-16(26)19-15/h4-8,10H,9H2,1-3H3,(H,20,22)(H,17,18,19,26)/b12-8+. The molecule has 1 atom stereocenters. The average molecular weight is 409 g/mol. The molecule has 1 aromatic carbocycles. The molecule has 0 spiro atoms. The van der Waals surface area contributed by atoms with Crippen LogP contribution >= 0.6 is 12.2 Å². The molecule has 0 saturated carbocycles. The van der Waals surface area contributed by atoms with Crippen LogP contribution in [-0.4, -0.2) is 57.2 Å². The summed E-state index contributed by atoms with van der Waals surface area (Å²) in [6.07, 6.45) is 2.85. The molecular weight excluding hydrogens is 390 g/mol. The quantitative estimate of drug-likeness (QED) is 0.503. The first kappa shape index (κ1) is 20.8. The number of carbonyl (C=O) groups is 1. The van der Waals surface area contributed by atoms with E-state index in [0.717, 1.165) is 0 Å². The van der Waals surface area contributed by atoms with E-state index in [1.165, 1.54) is 17.7 Å². The summed E-state index contributed by atoms with van der Waals surface area (Å²) in [6.45, 7) is 0.182. The van der Waals surface area contributed by atoms with E-state index in [0.29, 0.717) is 11.3 Å². The van der Waals surface area contributed by atoms with E-state index in [4.69, 9.17) is 21.7 Å². The first-order chi connectivity index (χ1) is 12.9. The van der Waals surface area contributed by atoms with Crippen molar-refractivity contribution in [1.82, 2.24) is 24.0 Å². The summed E-state index contributed by atoms with van der Waals surface area (Å²) < 4.78 is 26.7. The maximum absolute atomic E-state index is 12.7. The summed E-state index contributed by atoms with van der Waals surface area (Å²) in [4.78, 5) is 23.1. The summed E-state index contributed by atoms with van der Waals surface area (Å²) >= 11 is 3.28. The van der Waals surface area contributed by atoms with Crippen molar-refractivity contribution in [1.29, 1.82) is 0 Å². The maximum Gasteiger partial charge on any atom is 0.302 e. The van der Waals surface area contributed by atoms with Gasteiger partial charge in [-0.3, -0.25) is 14.5 Å². The first-order valence-corrected chi connectivity index (χ1v) is 9.21. The second-order valence-electron chi connectivity index (χ2n) is 5.27. The van der Waals surface area contributed by atoms with Crippen LogP contribution in [0.5, 0.6) is 11.8 Å². The van der Waals surface area contributed by atoms with Gasteiger partial charge in [0.25, 0.3) is 5.91 Å². The van der Waals surface area contributed by atoms with Crippen molar-refractivity contribution in [3.05, 3.63) is 47.0 Å². The van der Waals surface area contributed by atoms with Crippen molar-refractivity contribution in [2.75, 3.05) is 27.8 Å². The van der Waals surface area contributed by atoms with Crippen molar-refractivity contribution in [2.45, 2.75) is 0 Å². The van der Waals surface area contributed by atoms with Gasteiger partial charge in [-0.2, -0.15) is 4.98 Å². The molecule has 2 N–H and O–H groups in total. The Balaban J connectivity index is 2.40. The molecule has 27 heavy (non-hydrogen) atoms. The monoisotopic (exact) mass is 409 g/mol. The molecule has 0 aliphatic heterocycles. The minimum absolute atomic E-state index is 0.130. The van der Waals surface area contributed by atoms with Gasteiger partial charge in [-0.05, 0) is 24.4 Å². The van der Waals surface area contributed by atoms with Crippen LogP contribution in [0.2, 0.25) is 0 Å². The first-order valence-electron chi connectivity index (χ1n) is 7.70. The number of nitrogens with one attached hydrogen (secondary N) is 2. The molecule has 0 fully saturated rings. The number of nitrogens with zero attached hydrogens (tertiary/aromatic N) is 3. The van der Waals surface area contributed by atoms with Crippen molar-refractivity contribution < 1.29 is 18.5 Å². The van der Waals surface area contributed by atoms with Crippen molar-refractivity contribution in [2.24, 2.45) is 0 Å². The third-order valence-corrected chi connectivity index (χ3v) is 4.39. The van der Waals surface area contributed by atoms with Crippen LogP contribution in [0.1, 0.15) is 5.56 Å². The van der Waals surface area contributed by atoms with Crippen LogP contribution < -0.4 is 9.46 Å². The van der Waals surface area contributed by atoms with E-state index >= 15 is 0 Å². The van der Waals surface area contributed by atoms with Gasteiger partial charge in [-0.1, -0.05) is 18.2 Å². The molecule has 144 valence electrons. The molecule has 0 aliphatic rings. The van der Waals surface area contributed by atoms with Gasteiger partial charge in [0.2, 0.25) is 4.77 Å². The normalized spacial score (nSPS) is 12.7. The van der Waals surface area contributed by atoms with Crippen LogP contribution in [-0.2, 0) is 20.7 Å². The third-order valence-electron chi connectivity index (χ3n) is 3.16. The Morgan fingerprint density at radius 3 is 2.78 bits per heavy atom. The zero-order valence-electron chi connectivity index (χ0n) is 15.0. The minimum atomic E-state index is -1.68. The second-order valence-corrected chi connectivity index (χ2v) is 7.09. The van der Waals surface area contributed by atoms with E-state index in [9.17, 15) is 9.00 Å². The fourth-order valence-electron chi connectivity index (χ4n) is 1.94. The highest BCUT2D eigenvalue weighted by atomic mass is 32.2. The van der Waals surface area contributed by atoms with E-state index in [1.807, 2.05) is 0 Å². The molecule has 2 aromatic rings. The Bertz CT molecular complexity index is 913. The number of hydrogen-bond donors (Lipinski definition) is 2. The van der Waals surface area contributed by atoms with Crippen LogP contribution in [0.3, 0.4) is 0 Å². The molecule has 1 amide bonds. The lowest BCUT2D eigenvalue weighted by atomic mass is 10.0. The van der Waals surface area contributed by atoms with Crippen LogP contribution in [0.4, 0.5) is 0 Å². The van der Waals surface area contributed by atoms with Crippen molar-refractivity contribution in [3.63, 3.8) is 0 Å². The summed E-state index contributed by atoms with van der Waals surface area (Å²) in [6, 6.07) is 7.00. The lowest BCUT2D eigenvalue weighted by Gasteiger charge is -2.15. The van der Waals surface area contributed by atoms with Crippen molar-refractivity contribution in [3.8, 4) is 11.8 Å². The highest BCUT2D eigenvalue weighted by Crippen LogP contribution is 2.29. The van der Waals surface area contributed by atoms with Crippen LogP contribution in [0.25, 0.3) is 5.57 Å². The Morgan fingerprint density at radius 1 is 1.37 bits per heavy atom. The number of carbonyl (C=O) groups excluding carboxylic acids is 1. The maximum atomic E-state index is 12.7. The number of aromatic nitrogens is 3. The highest BCUT2D eigenvalue weighted by molar-refractivity contribution is 7.81. The number of H-pyrrole nitrogens is 1. The van der Waals surface area contributed by atoms with Crippen LogP contribution in [0, 0.1) is 4.77 Å².